The van der Waals surface area contributed by atoms with Gasteiger partial charge in [-0.05, 0) is 63.9 Å². The molecule has 0 spiro atoms. The van der Waals surface area contributed by atoms with Gasteiger partial charge in [-0.1, -0.05) is 55.0 Å². The molecule has 0 saturated carbocycles. The van der Waals surface area contributed by atoms with Crippen molar-refractivity contribution in [1.29, 1.82) is 0 Å². The van der Waals surface area contributed by atoms with E-state index in [0.29, 0.717) is 12.3 Å². The first-order chi connectivity index (χ1) is 15.8. The smallest absolute Gasteiger partial charge is 0.350 e. The Hall–Kier alpha value is -1.96. The van der Waals surface area contributed by atoms with Crippen LogP contribution in [0.3, 0.4) is 0 Å². The molecular weight excluding hydrogens is 480 g/mol. The number of benzene rings is 1. The van der Waals surface area contributed by atoms with Crippen LogP contribution in [0.5, 0.6) is 0 Å². The minimum absolute atomic E-state index is 0.241. The zero-order chi connectivity index (χ0) is 24.0. The van der Waals surface area contributed by atoms with E-state index in [-0.39, 0.29) is 5.69 Å². The molecule has 0 radical (unpaired) electrons. The summed E-state index contributed by atoms with van der Waals surface area (Å²) in [5, 5.41) is 0.863. The number of unbranched alkanes of at least 4 members (excludes halogenated alkanes) is 5. The molecule has 0 aliphatic carbocycles. The topological polar surface area (TPSA) is 54.5 Å². The Morgan fingerprint density at radius 1 is 0.939 bits per heavy atom. The largest absolute Gasteiger partial charge is 0.437 e. The van der Waals surface area contributed by atoms with Crippen molar-refractivity contribution in [3.8, 4) is 11.3 Å². The molecule has 0 unspecified atom stereocenters. The van der Waals surface area contributed by atoms with Gasteiger partial charge in [0, 0.05) is 35.9 Å². The molecule has 0 aliphatic rings. The first kappa shape index (κ1) is 25.7. The van der Waals surface area contributed by atoms with E-state index in [4.69, 9.17) is 4.42 Å². The third-order valence-corrected chi connectivity index (χ3v) is 6.73. The Labute approximate surface area is 205 Å². The van der Waals surface area contributed by atoms with Gasteiger partial charge in [-0.2, -0.15) is 4.98 Å². The Morgan fingerprint density at radius 3 is 2.15 bits per heavy atom. The summed E-state index contributed by atoms with van der Waals surface area (Å²) in [5.74, 6) is 0.738. The lowest BCUT2D eigenvalue weighted by Gasteiger charge is -2.18. The highest BCUT2D eigenvalue weighted by Crippen LogP contribution is 2.33. The van der Waals surface area contributed by atoms with Crippen LogP contribution in [0, 0.1) is 0 Å². The molecule has 6 nitrogen and oxygen atoms in total. The molecule has 0 bridgehead atoms. The summed E-state index contributed by atoms with van der Waals surface area (Å²) in [6, 6.07) is 6.31. The van der Waals surface area contributed by atoms with E-state index in [0.717, 1.165) is 47.1 Å². The molecule has 0 atom stereocenters. The van der Waals surface area contributed by atoms with Gasteiger partial charge in [0.1, 0.15) is 5.76 Å². The van der Waals surface area contributed by atoms with Crippen LogP contribution in [0.25, 0.3) is 22.4 Å². The van der Waals surface area contributed by atoms with Crippen LogP contribution in [-0.2, 0) is 19.6 Å². The van der Waals surface area contributed by atoms with E-state index in [1.54, 1.807) is 4.57 Å². The Kier molecular flexibility index (Phi) is 9.29. The van der Waals surface area contributed by atoms with Gasteiger partial charge in [-0.15, -0.1) is 0 Å². The first-order valence-electron chi connectivity index (χ1n) is 11.9. The van der Waals surface area contributed by atoms with Crippen LogP contribution in [-0.4, -0.2) is 47.5 Å². The lowest BCUT2D eigenvalue weighted by molar-refractivity contribution is 0.394. The maximum atomic E-state index is 12.5. The van der Waals surface area contributed by atoms with E-state index in [1.807, 2.05) is 12.3 Å². The predicted molar refractivity (Wildman–Crippen MR) is 140 cm³/mol. The normalized spacial score (nSPS) is 11.9. The summed E-state index contributed by atoms with van der Waals surface area (Å²) >= 11 is 3.80. The number of nitrogens with zero attached hydrogens (tertiary/aromatic N) is 4. The fourth-order valence-corrected chi connectivity index (χ4v) is 4.60. The fourth-order valence-electron chi connectivity index (χ4n) is 4.12. The summed E-state index contributed by atoms with van der Waals surface area (Å²) in [7, 11) is 8.25. The average Bonchev–Trinajstić information content (AvgIpc) is 3.15. The van der Waals surface area contributed by atoms with Crippen molar-refractivity contribution in [3.63, 3.8) is 0 Å². The molecule has 2 aromatic heterocycles. The van der Waals surface area contributed by atoms with Gasteiger partial charge in [-0.25, -0.2) is 4.79 Å². The summed E-state index contributed by atoms with van der Waals surface area (Å²) in [6.07, 6.45) is 9.06. The number of fused-ring (bicyclic) bond motifs is 1. The molecule has 0 fully saturated rings. The number of halogens is 1. The summed E-state index contributed by atoms with van der Waals surface area (Å²) in [5.41, 5.74) is 3.56. The number of furan rings is 1. The second-order valence-corrected chi connectivity index (χ2v) is 10.2. The maximum absolute atomic E-state index is 12.5. The van der Waals surface area contributed by atoms with Gasteiger partial charge in [0.2, 0.25) is 5.71 Å². The molecule has 3 rings (SSSR count). The summed E-state index contributed by atoms with van der Waals surface area (Å²) in [6.45, 7) is 4.55. The second kappa shape index (κ2) is 12.0. The molecule has 0 amide bonds. The van der Waals surface area contributed by atoms with Crippen LogP contribution in [0.2, 0.25) is 0 Å². The van der Waals surface area contributed by atoms with E-state index in [9.17, 15) is 4.79 Å². The fraction of sp³-hybridized carbons (Fsp3) is 0.538. The Morgan fingerprint density at radius 2 is 1.55 bits per heavy atom. The van der Waals surface area contributed by atoms with Gasteiger partial charge >= 0.3 is 5.69 Å². The predicted octanol–water partition coefficient (Wildman–Crippen LogP) is 5.90. The highest BCUT2D eigenvalue weighted by Gasteiger charge is 2.15. The summed E-state index contributed by atoms with van der Waals surface area (Å²) in [4.78, 5) is 21.0. The highest BCUT2D eigenvalue weighted by atomic mass is 79.9. The SMILES string of the molecule is CCCCCCCCn1cc2cc(-c3cc(CN(C)C)c(Br)c(CN(C)C)c3)oc2nc1=O. The van der Waals surface area contributed by atoms with Gasteiger partial charge < -0.3 is 14.2 Å². The molecule has 0 N–H and O–H groups in total. The monoisotopic (exact) mass is 516 g/mol. The number of hydrogen-bond acceptors (Lipinski definition) is 5. The van der Waals surface area contributed by atoms with Crippen molar-refractivity contribution in [2.24, 2.45) is 0 Å². The molecule has 33 heavy (non-hydrogen) atoms. The van der Waals surface area contributed by atoms with Crippen molar-refractivity contribution < 1.29 is 4.42 Å². The van der Waals surface area contributed by atoms with Crippen LogP contribution in [0.15, 0.2) is 38.1 Å². The van der Waals surface area contributed by atoms with Gasteiger partial charge in [-0.3, -0.25) is 4.57 Å². The highest BCUT2D eigenvalue weighted by molar-refractivity contribution is 9.10. The third-order valence-electron chi connectivity index (χ3n) is 5.71. The van der Waals surface area contributed by atoms with Crippen molar-refractivity contribution in [3.05, 3.63) is 50.5 Å². The molecular formula is C26H37BrN4O2. The zero-order valence-corrected chi connectivity index (χ0v) is 22.2. The number of aryl methyl sites for hydroxylation is 1. The first-order valence-corrected chi connectivity index (χ1v) is 12.7. The minimum Gasteiger partial charge on any atom is -0.437 e. The van der Waals surface area contributed by atoms with E-state index in [1.165, 1.54) is 36.8 Å². The minimum atomic E-state index is -0.241. The number of hydrogen-bond donors (Lipinski definition) is 0. The molecule has 3 aromatic rings. The molecule has 2 heterocycles. The second-order valence-electron chi connectivity index (χ2n) is 9.44. The molecule has 7 heteroatoms. The lowest BCUT2D eigenvalue weighted by Crippen LogP contribution is -2.22. The molecule has 0 saturated heterocycles. The zero-order valence-electron chi connectivity index (χ0n) is 20.7. The number of rotatable bonds is 12. The van der Waals surface area contributed by atoms with Crippen molar-refractivity contribution >= 4 is 27.0 Å². The standard InChI is InChI=1S/C26H37BrN4O2/c1-6-7-8-9-10-11-12-31-18-22-15-23(33-25(22)28-26(31)32)19-13-20(16-29(2)3)24(27)21(14-19)17-30(4)5/h13-15,18H,6-12,16-17H2,1-5H3. The van der Waals surface area contributed by atoms with Gasteiger partial charge in [0.15, 0.2) is 0 Å². The van der Waals surface area contributed by atoms with Crippen molar-refractivity contribution in [1.82, 2.24) is 19.4 Å². The summed E-state index contributed by atoms with van der Waals surface area (Å²) < 4.78 is 8.90. The van der Waals surface area contributed by atoms with Crippen molar-refractivity contribution in [2.75, 3.05) is 28.2 Å². The third kappa shape index (κ3) is 7.01. The Bertz CT molecular complexity index is 1090. The average molecular weight is 518 g/mol. The molecule has 1 aromatic carbocycles. The van der Waals surface area contributed by atoms with Gasteiger partial charge in [0.25, 0.3) is 0 Å². The molecule has 0 aliphatic heterocycles. The van der Waals surface area contributed by atoms with E-state index < -0.39 is 0 Å². The van der Waals surface area contributed by atoms with E-state index in [2.05, 4.69) is 78.0 Å². The molecule has 180 valence electrons. The lowest BCUT2D eigenvalue weighted by atomic mass is 10.0. The quantitative estimate of drug-likeness (QED) is 0.280. The van der Waals surface area contributed by atoms with E-state index >= 15 is 0 Å². The van der Waals surface area contributed by atoms with Crippen LogP contribution in [0.4, 0.5) is 0 Å². The van der Waals surface area contributed by atoms with Crippen LogP contribution >= 0.6 is 15.9 Å². The van der Waals surface area contributed by atoms with Crippen LogP contribution < -0.4 is 5.69 Å². The van der Waals surface area contributed by atoms with Crippen LogP contribution in [0.1, 0.15) is 56.6 Å². The van der Waals surface area contributed by atoms with Gasteiger partial charge in [0.05, 0.1) is 5.39 Å². The van der Waals surface area contributed by atoms with Crippen molar-refractivity contribution in [2.45, 2.75) is 65.1 Å². The maximum Gasteiger partial charge on any atom is 0.350 e. The Balaban J connectivity index is 1.88. The number of aromatic nitrogens is 2.